The molecular weight excluding hydrogens is 213 g/mol. The third kappa shape index (κ3) is 3.85. The average molecular weight is 223 g/mol. The fourth-order valence-electron chi connectivity index (χ4n) is 0.358. The molecule has 0 aliphatic rings. The largest absolute Gasteiger partial charge is 0.243 e. The van der Waals surface area contributed by atoms with Crippen molar-refractivity contribution in [3.8, 4) is 0 Å². The Morgan fingerprint density at radius 2 is 2.00 bits per heavy atom. The molecule has 0 amide bonds. The lowest BCUT2D eigenvalue weighted by atomic mass is 10.5. The Kier molecular flexibility index (Phi) is 5.64. The quantitative estimate of drug-likeness (QED) is 0.612. The van der Waals surface area contributed by atoms with Crippen molar-refractivity contribution >= 4 is 27.5 Å². The van der Waals surface area contributed by atoms with E-state index in [1.54, 1.807) is 12.3 Å². The SMILES string of the molecule is CC.Clc1ccc(Br)cn1. The fourth-order valence-corrected chi connectivity index (χ4v) is 0.704. The number of aromatic nitrogens is 1. The average Bonchev–Trinajstić information content (AvgIpc) is 2.00. The van der Waals surface area contributed by atoms with Gasteiger partial charge in [-0.3, -0.25) is 0 Å². The van der Waals surface area contributed by atoms with E-state index in [1.807, 2.05) is 19.9 Å². The molecule has 1 heterocycles. The topological polar surface area (TPSA) is 12.9 Å². The molecule has 0 N–H and O–H groups in total. The molecule has 10 heavy (non-hydrogen) atoms. The zero-order valence-corrected chi connectivity index (χ0v) is 8.28. The maximum atomic E-state index is 5.48. The molecule has 3 heteroatoms. The molecule has 0 aliphatic heterocycles. The van der Waals surface area contributed by atoms with Crippen molar-refractivity contribution < 1.29 is 0 Å². The van der Waals surface area contributed by atoms with Crippen LogP contribution >= 0.6 is 27.5 Å². The number of hydrogen-bond donors (Lipinski definition) is 0. The lowest BCUT2D eigenvalue weighted by Gasteiger charge is -1.85. The highest BCUT2D eigenvalue weighted by molar-refractivity contribution is 9.10. The second kappa shape index (κ2) is 5.69. The van der Waals surface area contributed by atoms with Crippen LogP contribution in [0.4, 0.5) is 0 Å². The van der Waals surface area contributed by atoms with Crippen LogP contribution in [0.25, 0.3) is 0 Å². The van der Waals surface area contributed by atoms with Gasteiger partial charge in [-0.15, -0.1) is 0 Å². The molecule has 0 saturated heterocycles. The summed E-state index contributed by atoms with van der Waals surface area (Å²) in [5.74, 6) is 0. The first-order valence-corrected chi connectivity index (χ1v) is 4.23. The van der Waals surface area contributed by atoms with E-state index in [0.717, 1.165) is 4.47 Å². The molecule has 0 radical (unpaired) electrons. The van der Waals surface area contributed by atoms with Gasteiger partial charge in [0.15, 0.2) is 0 Å². The highest BCUT2D eigenvalue weighted by Crippen LogP contribution is 2.09. The van der Waals surface area contributed by atoms with Gasteiger partial charge in [0.05, 0.1) is 0 Å². The lowest BCUT2D eigenvalue weighted by Crippen LogP contribution is -1.69. The van der Waals surface area contributed by atoms with Crippen molar-refractivity contribution in [3.05, 3.63) is 28.0 Å². The molecule has 0 aromatic carbocycles. The minimum Gasteiger partial charge on any atom is -0.243 e. The van der Waals surface area contributed by atoms with Crippen LogP contribution in [0.5, 0.6) is 0 Å². The van der Waals surface area contributed by atoms with Crippen molar-refractivity contribution in [2.45, 2.75) is 13.8 Å². The van der Waals surface area contributed by atoms with Gasteiger partial charge in [0, 0.05) is 10.7 Å². The van der Waals surface area contributed by atoms with Crippen molar-refractivity contribution in [3.63, 3.8) is 0 Å². The smallest absolute Gasteiger partial charge is 0.129 e. The highest BCUT2D eigenvalue weighted by Gasteiger charge is 1.84. The Hall–Kier alpha value is -0.0800. The van der Waals surface area contributed by atoms with Gasteiger partial charge in [-0.05, 0) is 28.1 Å². The van der Waals surface area contributed by atoms with Crippen LogP contribution < -0.4 is 0 Å². The van der Waals surface area contributed by atoms with Crippen LogP contribution in [0.15, 0.2) is 22.8 Å². The van der Waals surface area contributed by atoms with E-state index >= 15 is 0 Å². The second-order valence-corrected chi connectivity index (χ2v) is 2.60. The fraction of sp³-hybridized carbons (Fsp3) is 0.286. The van der Waals surface area contributed by atoms with E-state index in [-0.39, 0.29) is 0 Å². The minimum atomic E-state index is 0.521. The number of nitrogens with zero attached hydrogens (tertiary/aromatic N) is 1. The maximum absolute atomic E-state index is 5.48. The minimum absolute atomic E-state index is 0.521. The van der Waals surface area contributed by atoms with E-state index in [4.69, 9.17) is 11.6 Å². The Labute approximate surface area is 74.6 Å². The Balaban J connectivity index is 0.000000371. The predicted octanol–water partition coefficient (Wildman–Crippen LogP) is 3.52. The molecule has 0 saturated carbocycles. The van der Waals surface area contributed by atoms with Crippen LogP contribution in [-0.4, -0.2) is 4.98 Å². The van der Waals surface area contributed by atoms with E-state index in [2.05, 4.69) is 20.9 Å². The van der Waals surface area contributed by atoms with Crippen molar-refractivity contribution in [1.29, 1.82) is 0 Å². The first kappa shape index (κ1) is 9.92. The lowest BCUT2D eigenvalue weighted by molar-refractivity contribution is 1.31. The van der Waals surface area contributed by atoms with Crippen LogP contribution in [0.1, 0.15) is 13.8 Å². The summed E-state index contributed by atoms with van der Waals surface area (Å²) in [4.78, 5) is 3.80. The molecule has 1 aromatic rings. The number of rotatable bonds is 0. The van der Waals surface area contributed by atoms with Gasteiger partial charge in [0.1, 0.15) is 5.15 Å². The van der Waals surface area contributed by atoms with Crippen LogP contribution in [0, 0.1) is 0 Å². The normalized spacial score (nSPS) is 8.00. The first-order valence-electron chi connectivity index (χ1n) is 3.06. The van der Waals surface area contributed by atoms with Crippen LogP contribution in [-0.2, 0) is 0 Å². The van der Waals surface area contributed by atoms with Gasteiger partial charge in [-0.2, -0.15) is 0 Å². The Morgan fingerprint density at radius 1 is 1.40 bits per heavy atom. The summed E-state index contributed by atoms with van der Waals surface area (Å²) >= 11 is 8.70. The summed E-state index contributed by atoms with van der Waals surface area (Å²) < 4.78 is 0.946. The maximum Gasteiger partial charge on any atom is 0.129 e. The van der Waals surface area contributed by atoms with Gasteiger partial charge in [-0.25, -0.2) is 4.98 Å². The first-order chi connectivity index (χ1) is 4.79. The third-order valence-corrected chi connectivity index (χ3v) is 1.38. The number of halogens is 2. The standard InChI is InChI=1S/C5H3BrClN.C2H6/c6-4-1-2-5(7)8-3-4;1-2/h1-3H;1-2H3. The van der Waals surface area contributed by atoms with Crippen molar-refractivity contribution in [1.82, 2.24) is 4.98 Å². The summed E-state index contributed by atoms with van der Waals surface area (Å²) in [6.45, 7) is 4.00. The summed E-state index contributed by atoms with van der Waals surface area (Å²) in [6.07, 6.45) is 1.66. The molecule has 0 atom stereocenters. The Morgan fingerprint density at radius 3 is 2.30 bits per heavy atom. The molecule has 1 rings (SSSR count). The van der Waals surface area contributed by atoms with Gasteiger partial charge >= 0.3 is 0 Å². The van der Waals surface area contributed by atoms with E-state index in [9.17, 15) is 0 Å². The molecule has 0 unspecified atom stereocenters. The molecule has 0 fully saturated rings. The summed E-state index contributed by atoms with van der Waals surface area (Å²) in [6, 6.07) is 3.57. The van der Waals surface area contributed by atoms with Gasteiger partial charge in [0.2, 0.25) is 0 Å². The predicted molar refractivity (Wildman–Crippen MR) is 48.3 cm³/mol. The van der Waals surface area contributed by atoms with Crippen molar-refractivity contribution in [2.24, 2.45) is 0 Å². The summed E-state index contributed by atoms with van der Waals surface area (Å²) in [5.41, 5.74) is 0. The van der Waals surface area contributed by atoms with E-state index in [0.29, 0.717) is 5.15 Å². The van der Waals surface area contributed by atoms with Crippen LogP contribution in [0.3, 0.4) is 0 Å². The van der Waals surface area contributed by atoms with E-state index < -0.39 is 0 Å². The monoisotopic (exact) mass is 221 g/mol. The van der Waals surface area contributed by atoms with Gasteiger partial charge < -0.3 is 0 Å². The van der Waals surface area contributed by atoms with Gasteiger partial charge in [0.25, 0.3) is 0 Å². The zero-order valence-electron chi connectivity index (χ0n) is 5.94. The molecular formula is C7H9BrClN. The number of pyridine rings is 1. The molecule has 1 aromatic heterocycles. The number of hydrogen-bond acceptors (Lipinski definition) is 1. The van der Waals surface area contributed by atoms with Gasteiger partial charge in [-0.1, -0.05) is 25.4 Å². The summed E-state index contributed by atoms with van der Waals surface area (Å²) in [7, 11) is 0. The van der Waals surface area contributed by atoms with Crippen LogP contribution in [0.2, 0.25) is 5.15 Å². The molecule has 0 bridgehead atoms. The van der Waals surface area contributed by atoms with Crippen molar-refractivity contribution in [2.75, 3.05) is 0 Å². The molecule has 56 valence electrons. The Bertz CT molecular complexity index is 152. The highest BCUT2D eigenvalue weighted by atomic mass is 79.9. The second-order valence-electron chi connectivity index (χ2n) is 1.30. The van der Waals surface area contributed by atoms with E-state index in [1.165, 1.54) is 0 Å². The molecule has 0 aliphatic carbocycles. The zero-order chi connectivity index (χ0) is 7.98. The molecule has 1 nitrogen and oxygen atoms in total. The molecule has 0 spiro atoms. The summed E-state index contributed by atoms with van der Waals surface area (Å²) in [5, 5.41) is 0.521. The third-order valence-electron chi connectivity index (χ3n) is 0.691.